The molecule has 0 aliphatic carbocycles. The van der Waals surface area contributed by atoms with E-state index < -0.39 is 15.8 Å². The van der Waals surface area contributed by atoms with Gasteiger partial charge in [-0.1, -0.05) is 33.1 Å². The predicted octanol–water partition coefficient (Wildman–Crippen LogP) is 3.17. The van der Waals surface area contributed by atoms with Crippen molar-refractivity contribution in [3.8, 4) is 0 Å². The molecule has 0 atom stereocenters. The predicted molar refractivity (Wildman–Crippen MR) is 83.8 cm³/mol. The molecule has 0 saturated heterocycles. The van der Waals surface area contributed by atoms with Crippen LogP contribution in [0.1, 0.15) is 49.9 Å². The van der Waals surface area contributed by atoms with E-state index in [4.69, 9.17) is 5.11 Å². The van der Waals surface area contributed by atoms with Gasteiger partial charge in [0.1, 0.15) is 0 Å². The second-order valence-electron chi connectivity index (χ2n) is 4.91. The van der Waals surface area contributed by atoms with E-state index in [9.17, 15) is 13.2 Å². The normalized spacial score (nSPS) is 11.3. The topological polar surface area (TPSA) is 83.5 Å². The molecule has 118 valence electrons. The summed E-state index contributed by atoms with van der Waals surface area (Å²) < 4.78 is 24.2. The highest BCUT2D eigenvalue weighted by atomic mass is 32.2. The summed E-state index contributed by atoms with van der Waals surface area (Å²) in [5.74, 6) is -1.18. The Morgan fingerprint density at radius 2 is 1.90 bits per heavy atom. The number of rotatable bonds is 9. The van der Waals surface area contributed by atoms with Gasteiger partial charge in [-0.05, 0) is 24.6 Å². The molecule has 1 aromatic carbocycles. The zero-order valence-electron chi connectivity index (χ0n) is 12.6. The highest BCUT2D eigenvalue weighted by Crippen LogP contribution is 2.24. The van der Waals surface area contributed by atoms with Crippen LogP contribution in [0.15, 0.2) is 23.1 Å². The highest BCUT2D eigenvalue weighted by Gasteiger charge is 2.19. The summed E-state index contributed by atoms with van der Waals surface area (Å²) in [6.07, 6.45) is 4.34. The van der Waals surface area contributed by atoms with Crippen LogP contribution in [-0.2, 0) is 9.84 Å². The summed E-state index contributed by atoms with van der Waals surface area (Å²) in [7, 11) is -3.46. The smallest absolute Gasteiger partial charge is 0.335 e. The van der Waals surface area contributed by atoms with Crippen LogP contribution in [0.5, 0.6) is 0 Å². The highest BCUT2D eigenvalue weighted by molar-refractivity contribution is 7.91. The van der Waals surface area contributed by atoms with E-state index in [0.717, 1.165) is 25.7 Å². The maximum atomic E-state index is 12.1. The molecule has 2 N–H and O–H groups in total. The lowest BCUT2D eigenvalue weighted by Crippen LogP contribution is -2.11. The Bertz CT molecular complexity index is 581. The van der Waals surface area contributed by atoms with Crippen molar-refractivity contribution in [1.29, 1.82) is 0 Å². The summed E-state index contributed by atoms with van der Waals surface area (Å²) in [5, 5.41) is 12.1. The number of carboxylic acids is 1. The van der Waals surface area contributed by atoms with Crippen molar-refractivity contribution in [3.05, 3.63) is 23.8 Å². The minimum Gasteiger partial charge on any atom is -0.478 e. The summed E-state index contributed by atoms with van der Waals surface area (Å²) in [5.41, 5.74) is 0.469. The van der Waals surface area contributed by atoms with Crippen molar-refractivity contribution in [2.24, 2.45) is 0 Å². The minimum absolute atomic E-state index is 0.0152. The van der Waals surface area contributed by atoms with Crippen molar-refractivity contribution in [2.45, 2.75) is 44.4 Å². The summed E-state index contributed by atoms with van der Waals surface area (Å²) in [6, 6.07) is 4.19. The molecular formula is C15H23NO4S. The number of benzene rings is 1. The van der Waals surface area contributed by atoms with Crippen molar-refractivity contribution >= 4 is 21.5 Å². The first-order valence-electron chi connectivity index (χ1n) is 7.26. The molecule has 0 aliphatic rings. The molecular weight excluding hydrogens is 290 g/mol. The second-order valence-corrected chi connectivity index (χ2v) is 7.15. The quantitative estimate of drug-likeness (QED) is 0.684. The van der Waals surface area contributed by atoms with Gasteiger partial charge in [0.2, 0.25) is 0 Å². The third-order valence-corrected chi connectivity index (χ3v) is 5.06. The van der Waals surface area contributed by atoms with Gasteiger partial charge in [0.25, 0.3) is 0 Å². The lowest BCUT2D eigenvalue weighted by Gasteiger charge is -2.12. The van der Waals surface area contributed by atoms with E-state index in [1.807, 2.05) is 0 Å². The van der Waals surface area contributed by atoms with Gasteiger partial charge in [0, 0.05) is 6.54 Å². The Morgan fingerprint density at radius 1 is 1.19 bits per heavy atom. The number of unbranched alkanes of at least 4 members (excludes halogenated alkanes) is 3. The Balaban J connectivity index is 2.95. The molecule has 21 heavy (non-hydrogen) atoms. The Labute approximate surface area is 126 Å². The van der Waals surface area contributed by atoms with Crippen LogP contribution >= 0.6 is 0 Å². The molecule has 0 unspecified atom stereocenters. The minimum atomic E-state index is -3.46. The van der Waals surface area contributed by atoms with Crippen molar-refractivity contribution < 1.29 is 18.3 Å². The lowest BCUT2D eigenvalue weighted by molar-refractivity contribution is 0.0696. The van der Waals surface area contributed by atoms with Crippen molar-refractivity contribution in [2.75, 3.05) is 17.6 Å². The lowest BCUT2D eigenvalue weighted by atomic mass is 10.2. The molecule has 5 nitrogen and oxygen atoms in total. The zero-order valence-corrected chi connectivity index (χ0v) is 13.4. The number of hydrogen-bond donors (Lipinski definition) is 2. The van der Waals surface area contributed by atoms with Gasteiger partial charge >= 0.3 is 5.97 Å². The molecule has 1 aromatic rings. The molecule has 0 bridgehead atoms. The summed E-state index contributed by atoms with van der Waals surface area (Å²) in [6.45, 7) is 4.36. The van der Waals surface area contributed by atoms with Gasteiger partial charge in [0.05, 0.1) is 21.9 Å². The number of carboxylic acid groups (broad SMARTS) is 1. The maximum absolute atomic E-state index is 12.1. The molecule has 6 heteroatoms. The maximum Gasteiger partial charge on any atom is 0.335 e. The van der Waals surface area contributed by atoms with Crippen molar-refractivity contribution in [1.82, 2.24) is 0 Å². The molecule has 0 radical (unpaired) electrons. The number of carbonyl (C=O) groups is 1. The van der Waals surface area contributed by atoms with Gasteiger partial charge in [-0.2, -0.15) is 0 Å². The second kappa shape index (κ2) is 8.02. The standard InChI is InChI=1S/C15H23NO4S/c1-3-5-6-7-10-16-13-9-8-12(15(17)18)11-14(13)21(19,20)4-2/h8-9,11,16H,3-7,10H2,1-2H3,(H,17,18). The number of aromatic carboxylic acids is 1. The molecule has 0 heterocycles. The molecule has 0 saturated carbocycles. The van der Waals surface area contributed by atoms with E-state index in [0.29, 0.717) is 12.2 Å². The van der Waals surface area contributed by atoms with Crippen LogP contribution in [0.2, 0.25) is 0 Å². The number of anilines is 1. The summed E-state index contributed by atoms with van der Waals surface area (Å²) in [4.78, 5) is 11.1. The Hall–Kier alpha value is -1.56. The SMILES string of the molecule is CCCCCCNc1ccc(C(=O)O)cc1S(=O)(=O)CC. The third kappa shape index (κ3) is 5.04. The molecule has 0 amide bonds. The van der Waals surface area contributed by atoms with Gasteiger partial charge < -0.3 is 10.4 Å². The van der Waals surface area contributed by atoms with Crippen LogP contribution in [0.4, 0.5) is 5.69 Å². The number of sulfone groups is 1. The van der Waals surface area contributed by atoms with E-state index in [1.165, 1.54) is 18.2 Å². The molecule has 1 rings (SSSR count). The number of hydrogen-bond acceptors (Lipinski definition) is 4. The van der Waals surface area contributed by atoms with Crippen LogP contribution in [0, 0.1) is 0 Å². The zero-order chi connectivity index (χ0) is 15.9. The molecule has 0 spiro atoms. The van der Waals surface area contributed by atoms with Gasteiger partial charge in [0.15, 0.2) is 9.84 Å². The van der Waals surface area contributed by atoms with Crippen molar-refractivity contribution in [3.63, 3.8) is 0 Å². The molecule has 0 fully saturated rings. The van der Waals surface area contributed by atoms with Crippen LogP contribution < -0.4 is 5.32 Å². The average Bonchev–Trinajstić information content (AvgIpc) is 2.46. The average molecular weight is 313 g/mol. The first-order chi connectivity index (χ1) is 9.92. The Kier molecular flexibility index (Phi) is 6.68. The van der Waals surface area contributed by atoms with Gasteiger partial charge in [-0.3, -0.25) is 0 Å². The van der Waals surface area contributed by atoms with Gasteiger partial charge in [-0.15, -0.1) is 0 Å². The third-order valence-electron chi connectivity index (χ3n) is 3.29. The first kappa shape index (κ1) is 17.5. The monoisotopic (exact) mass is 313 g/mol. The van der Waals surface area contributed by atoms with E-state index in [-0.39, 0.29) is 16.2 Å². The first-order valence-corrected chi connectivity index (χ1v) is 8.91. The van der Waals surface area contributed by atoms with E-state index >= 15 is 0 Å². The number of nitrogens with one attached hydrogen (secondary N) is 1. The van der Waals surface area contributed by atoms with E-state index in [1.54, 1.807) is 6.92 Å². The summed E-state index contributed by atoms with van der Waals surface area (Å²) >= 11 is 0. The Morgan fingerprint density at radius 3 is 2.48 bits per heavy atom. The fourth-order valence-electron chi connectivity index (χ4n) is 1.99. The van der Waals surface area contributed by atoms with Gasteiger partial charge in [-0.25, -0.2) is 13.2 Å². The van der Waals surface area contributed by atoms with Crippen LogP contribution in [0.25, 0.3) is 0 Å². The van der Waals surface area contributed by atoms with E-state index in [2.05, 4.69) is 12.2 Å². The molecule has 0 aromatic heterocycles. The molecule has 0 aliphatic heterocycles. The van der Waals surface area contributed by atoms with Crippen LogP contribution in [0.3, 0.4) is 0 Å². The fourth-order valence-corrected chi connectivity index (χ4v) is 3.08. The largest absolute Gasteiger partial charge is 0.478 e. The fraction of sp³-hybridized carbons (Fsp3) is 0.533. The van der Waals surface area contributed by atoms with Crippen LogP contribution in [-0.4, -0.2) is 31.8 Å².